The van der Waals surface area contributed by atoms with Crippen molar-refractivity contribution in [3.05, 3.63) is 57.5 Å². The van der Waals surface area contributed by atoms with Crippen molar-refractivity contribution >= 4 is 46.2 Å². The second kappa shape index (κ2) is 10.1. The van der Waals surface area contributed by atoms with Gasteiger partial charge in [0.15, 0.2) is 0 Å². The van der Waals surface area contributed by atoms with Crippen molar-refractivity contribution in [3.8, 4) is 6.07 Å². The van der Waals surface area contributed by atoms with Crippen molar-refractivity contribution in [3.63, 3.8) is 0 Å². The van der Waals surface area contributed by atoms with Crippen molar-refractivity contribution < 1.29 is 9.18 Å². The van der Waals surface area contributed by atoms with E-state index in [0.29, 0.717) is 21.5 Å². The zero-order valence-corrected chi connectivity index (χ0v) is 19.2. The summed E-state index contributed by atoms with van der Waals surface area (Å²) in [4.78, 5) is 18.4. The third-order valence-electron chi connectivity index (χ3n) is 5.21. The average molecular weight is 468 g/mol. The lowest BCUT2D eigenvalue weighted by molar-refractivity contribution is -0.115. The van der Waals surface area contributed by atoms with E-state index >= 15 is 0 Å². The first kappa shape index (κ1) is 22.2. The molecule has 0 fully saturated rings. The predicted octanol–water partition coefficient (Wildman–Crippen LogP) is 5.44. The lowest BCUT2D eigenvalue weighted by Crippen LogP contribution is -2.22. The summed E-state index contributed by atoms with van der Waals surface area (Å²) in [6.45, 7) is 1.79. The molecule has 0 spiro atoms. The molecule has 9 heteroatoms. The van der Waals surface area contributed by atoms with E-state index in [1.54, 1.807) is 31.2 Å². The first-order valence-corrected chi connectivity index (χ1v) is 12.1. The number of aromatic amines is 1. The second-order valence-corrected chi connectivity index (χ2v) is 9.93. The van der Waals surface area contributed by atoms with Crippen LogP contribution >= 0.6 is 23.1 Å². The van der Waals surface area contributed by atoms with Crippen molar-refractivity contribution in [1.29, 1.82) is 5.26 Å². The van der Waals surface area contributed by atoms with Crippen LogP contribution in [0.15, 0.2) is 29.4 Å². The number of hydrogen-bond acceptors (Lipinski definition) is 6. The minimum Gasteiger partial charge on any atom is -0.316 e. The largest absolute Gasteiger partial charge is 0.316 e. The fourth-order valence-electron chi connectivity index (χ4n) is 3.51. The van der Waals surface area contributed by atoms with Crippen LogP contribution in [0, 0.1) is 17.1 Å². The van der Waals surface area contributed by atoms with Gasteiger partial charge in [-0.05, 0) is 61.9 Å². The maximum Gasteiger partial charge on any atom is 0.238 e. The number of H-pyrrole nitrogens is 1. The third kappa shape index (κ3) is 5.26. The molecule has 2 heterocycles. The Kier molecular flexibility index (Phi) is 7.02. The van der Waals surface area contributed by atoms with Crippen molar-refractivity contribution in [2.75, 3.05) is 5.32 Å². The number of nitrogens with one attached hydrogen (secondary N) is 2. The van der Waals surface area contributed by atoms with Crippen LogP contribution in [-0.4, -0.2) is 26.3 Å². The van der Waals surface area contributed by atoms with Gasteiger partial charge in [0.25, 0.3) is 0 Å². The SMILES string of the molecule is C[C@@H](Sc1n[nH]c(/C=C/c2ccc(F)cc2)n1)C(=O)Nc1sc2c(c1C#N)CCCCC2. The summed E-state index contributed by atoms with van der Waals surface area (Å²) in [6, 6.07) is 8.42. The number of hydrogen-bond donors (Lipinski definition) is 2. The Balaban J connectivity index is 1.38. The van der Waals surface area contributed by atoms with E-state index in [1.165, 1.54) is 46.5 Å². The number of thiophene rings is 1. The van der Waals surface area contributed by atoms with E-state index in [4.69, 9.17) is 0 Å². The number of anilines is 1. The lowest BCUT2D eigenvalue weighted by atomic mass is 10.1. The zero-order valence-electron chi connectivity index (χ0n) is 17.5. The molecule has 0 saturated heterocycles. The maximum absolute atomic E-state index is 13.0. The molecule has 1 aliphatic carbocycles. The van der Waals surface area contributed by atoms with Crippen molar-refractivity contribution in [2.24, 2.45) is 0 Å². The van der Waals surface area contributed by atoms with E-state index in [2.05, 4.69) is 26.6 Å². The van der Waals surface area contributed by atoms with Gasteiger partial charge < -0.3 is 5.32 Å². The van der Waals surface area contributed by atoms with Gasteiger partial charge in [-0.15, -0.1) is 16.4 Å². The van der Waals surface area contributed by atoms with Crippen LogP contribution in [0.1, 0.15) is 53.6 Å². The molecule has 0 saturated carbocycles. The number of aryl methyl sites for hydroxylation is 1. The minimum atomic E-state index is -0.437. The van der Waals surface area contributed by atoms with Crippen LogP contribution in [0.4, 0.5) is 9.39 Å². The number of thioether (sulfide) groups is 1. The topological polar surface area (TPSA) is 94.5 Å². The van der Waals surface area contributed by atoms with Gasteiger partial charge in [-0.1, -0.05) is 36.4 Å². The monoisotopic (exact) mass is 467 g/mol. The van der Waals surface area contributed by atoms with Crippen LogP contribution < -0.4 is 5.32 Å². The molecule has 164 valence electrons. The highest BCUT2D eigenvalue weighted by atomic mass is 32.2. The quantitative estimate of drug-likeness (QED) is 0.372. The molecular weight excluding hydrogens is 445 g/mol. The smallest absolute Gasteiger partial charge is 0.238 e. The number of amides is 1. The van der Waals surface area contributed by atoms with E-state index in [0.717, 1.165) is 36.8 Å². The molecule has 6 nitrogen and oxygen atoms in total. The zero-order chi connectivity index (χ0) is 22.5. The number of fused-ring (bicyclic) bond motifs is 1. The van der Waals surface area contributed by atoms with Crippen LogP contribution in [-0.2, 0) is 17.6 Å². The molecule has 0 aliphatic heterocycles. The van der Waals surface area contributed by atoms with Gasteiger partial charge in [0, 0.05) is 4.88 Å². The van der Waals surface area contributed by atoms with Gasteiger partial charge >= 0.3 is 0 Å². The van der Waals surface area contributed by atoms with Gasteiger partial charge in [0.1, 0.15) is 22.7 Å². The van der Waals surface area contributed by atoms with E-state index < -0.39 is 5.25 Å². The van der Waals surface area contributed by atoms with Crippen LogP contribution in [0.3, 0.4) is 0 Å². The Hall–Kier alpha value is -2.96. The Morgan fingerprint density at radius 1 is 1.28 bits per heavy atom. The van der Waals surface area contributed by atoms with Crippen LogP contribution in [0.2, 0.25) is 0 Å². The number of carbonyl (C=O) groups excluding carboxylic acids is 1. The summed E-state index contributed by atoms with van der Waals surface area (Å²) in [7, 11) is 0. The van der Waals surface area contributed by atoms with Crippen LogP contribution in [0.5, 0.6) is 0 Å². The number of nitriles is 1. The molecule has 0 bridgehead atoms. The Morgan fingerprint density at radius 3 is 2.84 bits per heavy atom. The first-order valence-electron chi connectivity index (χ1n) is 10.4. The van der Waals surface area contributed by atoms with E-state index in [1.807, 2.05) is 0 Å². The second-order valence-electron chi connectivity index (χ2n) is 7.52. The number of rotatable bonds is 6. The number of carbonyl (C=O) groups is 1. The molecule has 2 N–H and O–H groups in total. The predicted molar refractivity (Wildman–Crippen MR) is 126 cm³/mol. The van der Waals surface area contributed by atoms with Gasteiger partial charge in [-0.3, -0.25) is 9.89 Å². The Bertz CT molecular complexity index is 1180. The first-order chi connectivity index (χ1) is 15.5. The number of halogens is 1. The normalized spacial score (nSPS) is 14.5. The number of benzene rings is 1. The van der Waals surface area contributed by atoms with Gasteiger partial charge in [-0.25, -0.2) is 9.37 Å². The molecule has 3 aromatic rings. The molecule has 1 aliphatic rings. The Labute approximate surface area is 194 Å². The summed E-state index contributed by atoms with van der Waals surface area (Å²) >= 11 is 2.77. The maximum atomic E-state index is 13.0. The summed E-state index contributed by atoms with van der Waals surface area (Å²) < 4.78 is 13.0. The van der Waals surface area contributed by atoms with Gasteiger partial charge in [-0.2, -0.15) is 5.26 Å². The molecule has 0 unspecified atom stereocenters. The van der Waals surface area contributed by atoms with Crippen LogP contribution in [0.25, 0.3) is 12.2 Å². The summed E-state index contributed by atoms with van der Waals surface area (Å²) in [5.74, 6) is 0.0715. The van der Waals surface area contributed by atoms with E-state index in [-0.39, 0.29) is 11.7 Å². The molecule has 4 rings (SSSR count). The number of aromatic nitrogens is 3. The van der Waals surface area contributed by atoms with Gasteiger partial charge in [0.05, 0.1) is 10.8 Å². The highest BCUT2D eigenvalue weighted by molar-refractivity contribution is 8.00. The Morgan fingerprint density at radius 2 is 2.06 bits per heavy atom. The van der Waals surface area contributed by atoms with Crippen molar-refractivity contribution in [2.45, 2.75) is 49.4 Å². The van der Waals surface area contributed by atoms with Crippen molar-refractivity contribution in [1.82, 2.24) is 15.2 Å². The highest BCUT2D eigenvalue weighted by Crippen LogP contribution is 2.37. The fourth-order valence-corrected chi connectivity index (χ4v) is 5.48. The molecule has 1 aromatic carbocycles. The third-order valence-corrected chi connectivity index (χ3v) is 7.38. The molecule has 1 atom stereocenters. The fraction of sp³-hybridized carbons (Fsp3) is 0.304. The molecule has 1 amide bonds. The highest BCUT2D eigenvalue weighted by Gasteiger charge is 2.23. The minimum absolute atomic E-state index is 0.184. The van der Waals surface area contributed by atoms with Gasteiger partial charge in [0.2, 0.25) is 11.1 Å². The molecule has 0 radical (unpaired) electrons. The summed E-state index contributed by atoms with van der Waals surface area (Å²) in [5.41, 5.74) is 2.56. The molecule has 2 aromatic heterocycles. The molecule has 32 heavy (non-hydrogen) atoms. The molecular formula is C23H22FN5OS2. The number of nitrogens with zero attached hydrogens (tertiary/aromatic N) is 3. The average Bonchev–Trinajstić information content (AvgIpc) is 3.29. The lowest BCUT2D eigenvalue weighted by Gasteiger charge is -2.09. The standard InChI is InChI=1S/C23H22FN5OS2/c1-14(21(30)27-22-18(13-25)17-5-3-2-4-6-19(17)32-22)31-23-26-20(28-29-23)12-9-15-7-10-16(24)11-8-15/h7-12,14H,2-6H2,1H3,(H,27,30)(H,26,28,29)/b12-9+/t14-/m1/s1. The van der Waals surface area contributed by atoms with E-state index in [9.17, 15) is 14.4 Å². The summed E-state index contributed by atoms with van der Waals surface area (Å²) in [5, 5.41) is 20.2. The summed E-state index contributed by atoms with van der Waals surface area (Å²) in [6.07, 6.45) is 8.81.